The number of hydrogen-bond donors (Lipinski definition) is 2. The molecule has 4 heterocycles. The summed E-state index contributed by atoms with van der Waals surface area (Å²) in [7, 11) is 1.56. The molecule has 1 fully saturated rings. The fourth-order valence-corrected chi connectivity index (χ4v) is 4.74. The molecule has 8 nitrogen and oxygen atoms in total. The van der Waals surface area contributed by atoms with Gasteiger partial charge in [-0.25, -0.2) is 15.0 Å². The van der Waals surface area contributed by atoms with Crippen LogP contribution in [0.1, 0.15) is 34.3 Å². The lowest BCUT2D eigenvalue weighted by atomic mass is 10.0. The number of nitrogens with zero attached hydrogens (tertiary/aromatic N) is 4. The second-order valence-electron chi connectivity index (χ2n) is 9.81. The van der Waals surface area contributed by atoms with Crippen molar-refractivity contribution in [1.82, 2.24) is 19.9 Å². The Labute approximate surface area is 235 Å². The van der Waals surface area contributed by atoms with Crippen LogP contribution in [0.15, 0.2) is 73.1 Å². The molecule has 1 aromatic carbocycles. The zero-order valence-electron chi connectivity index (χ0n) is 22.6. The molecule has 0 bridgehead atoms. The summed E-state index contributed by atoms with van der Waals surface area (Å²) in [5.41, 5.74) is 2.04. The summed E-state index contributed by atoms with van der Waals surface area (Å²) in [6, 6.07) is 16.7. The third-order valence-electron chi connectivity index (χ3n) is 6.84. The fourth-order valence-electron chi connectivity index (χ4n) is 4.74. The van der Waals surface area contributed by atoms with E-state index in [4.69, 9.17) is 4.74 Å². The van der Waals surface area contributed by atoms with E-state index in [2.05, 4.69) is 25.6 Å². The Morgan fingerprint density at radius 2 is 1.76 bits per heavy atom. The van der Waals surface area contributed by atoms with Crippen LogP contribution in [-0.2, 0) is 6.18 Å². The molecule has 212 valence electrons. The van der Waals surface area contributed by atoms with Gasteiger partial charge in [-0.1, -0.05) is 12.1 Å². The third-order valence-corrected chi connectivity index (χ3v) is 6.84. The molecule has 0 spiro atoms. The van der Waals surface area contributed by atoms with Crippen molar-refractivity contribution in [1.29, 1.82) is 0 Å². The zero-order chi connectivity index (χ0) is 29.0. The van der Waals surface area contributed by atoms with Crippen molar-refractivity contribution in [2.75, 3.05) is 30.8 Å². The van der Waals surface area contributed by atoms with Crippen molar-refractivity contribution in [3.63, 3.8) is 0 Å². The molecule has 11 heteroatoms. The van der Waals surface area contributed by atoms with Gasteiger partial charge in [-0.2, -0.15) is 13.2 Å². The van der Waals surface area contributed by atoms with Crippen molar-refractivity contribution in [2.24, 2.45) is 0 Å². The van der Waals surface area contributed by atoms with Crippen molar-refractivity contribution >= 4 is 23.4 Å². The van der Waals surface area contributed by atoms with Crippen LogP contribution in [0.2, 0.25) is 0 Å². The van der Waals surface area contributed by atoms with E-state index >= 15 is 0 Å². The maximum Gasteiger partial charge on any atom is 0.416 e. The molecule has 5 rings (SSSR count). The number of pyridine rings is 3. The van der Waals surface area contributed by atoms with Crippen LogP contribution < -0.4 is 15.4 Å². The Kier molecular flexibility index (Phi) is 8.04. The normalized spacial score (nSPS) is 14.0. The van der Waals surface area contributed by atoms with Crippen LogP contribution in [-0.4, -0.2) is 52.0 Å². The van der Waals surface area contributed by atoms with Gasteiger partial charge in [0.15, 0.2) is 0 Å². The van der Waals surface area contributed by atoms with Crippen molar-refractivity contribution in [3.05, 3.63) is 89.7 Å². The number of anilines is 3. The lowest BCUT2D eigenvalue weighted by Gasteiger charge is -2.33. The number of rotatable bonds is 7. The monoisotopic (exact) mass is 562 g/mol. The number of alkyl halides is 3. The van der Waals surface area contributed by atoms with Crippen LogP contribution >= 0.6 is 0 Å². The van der Waals surface area contributed by atoms with Gasteiger partial charge in [0, 0.05) is 37.1 Å². The van der Waals surface area contributed by atoms with Gasteiger partial charge >= 0.3 is 6.18 Å². The molecule has 4 aromatic rings. The molecule has 41 heavy (non-hydrogen) atoms. The van der Waals surface area contributed by atoms with Crippen LogP contribution in [0.5, 0.6) is 5.75 Å². The van der Waals surface area contributed by atoms with Crippen molar-refractivity contribution in [2.45, 2.75) is 32.0 Å². The molecule has 0 unspecified atom stereocenters. The number of benzene rings is 1. The SMILES string of the molecule is COc1ccccc1C(=O)N1CCC(Nc2ccc(-c3cc(C)cc(Nc4cc(C(F)(F)F)ccn4)n3)cn2)CC1. The Balaban J connectivity index is 1.21. The maximum absolute atomic E-state index is 13.1. The minimum absolute atomic E-state index is 0.0354. The van der Waals surface area contributed by atoms with Crippen LogP contribution in [0.25, 0.3) is 11.3 Å². The van der Waals surface area contributed by atoms with Gasteiger partial charge in [-0.05, 0) is 73.9 Å². The molecule has 1 amide bonds. The van der Waals surface area contributed by atoms with E-state index in [1.54, 1.807) is 31.5 Å². The van der Waals surface area contributed by atoms with Gasteiger partial charge in [-0.15, -0.1) is 0 Å². The van der Waals surface area contributed by atoms with Gasteiger partial charge in [0.25, 0.3) is 5.91 Å². The summed E-state index contributed by atoms with van der Waals surface area (Å²) >= 11 is 0. The number of halogens is 3. The van der Waals surface area contributed by atoms with Gasteiger partial charge in [0.05, 0.1) is 23.9 Å². The van der Waals surface area contributed by atoms with E-state index in [0.717, 1.165) is 42.3 Å². The molecule has 1 aliphatic rings. The van der Waals surface area contributed by atoms with E-state index in [0.29, 0.717) is 41.7 Å². The smallest absolute Gasteiger partial charge is 0.416 e. The molecule has 3 aromatic heterocycles. The highest BCUT2D eigenvalue weighted by Crippen LogP contribution is 2.31. The molecule has 0 aliphatic carbocycles. The zero-order valence-corrected chi connectivity index (χ0v) is 22.6. The predicted molar refractivity (Wildman–Crippen MR) is 150 cm³/mol. The molecule has 1 aliphatic heterocycles. The summed E-state index contributed by atoms with van der Waals surface area (Å²) in [6.45, 7) is 3.12. The highest BCUT2D eigenvalue weighted by atomic mass is 19.4. The summed E-state index contributed by atoms with van der Waals surface area (Å²) in [5, 5.41) is 6.32. The van der Waals surface area contributed by atoms with E-state index in [-0.39, 0.29) is 17.8 Å². The number of carbonyl (C=O) groups is 1. The number of methoxy groups -OCH3 is 1. The number of amides is 1. The van der Waals surface area contributed by atoms with Crippen molar-refractivity contribution in [3.8, 4) is 17.0 Å². The Bertz CT molecular complexity index is 1520. The topological polar surface area (TPSA) is 92.3 Å². The lowest BCUT2D eigenvalue weighted by Crippen LogP contribution is -2.42. The quantitative estimate of drug-likeness (QED) is 0.272. The van der Waals surface area contributed by atoms with E-state index in [9.17, 15) is 18.0 Å². The fraction of sp³-hybridized carbons (Fsp3) is 0.267. The largest absolute Gasteiger partial charge is 0.496 e. The number of piperidine rings is 1. The minimum atomic E-state index is -4.46. The number of likely N-dealkylation sites (tertiary alicyclic amines) is 1. The van der Waals surface area contributed by atoms with E-state index < -0.39 is 11.7 Å². The Hall–Kier alpha value is -4.67. The third kappa shape index (κ3) is 6.74. The van der Waals surface area contributed by atoms with Gasteiger partial charge in [-0.3, -0.25) is 4.79 Å². The molecule has 2 N–H and O–H groups in total. The lowest BCUT2D eigenvalue weighted by molar-refractivity contribution is -0.137. The average Bonchev–Trinajstić information content (AvgIpc) is 2.97. The van der Waals surface area contributed by atoms with Crippen molar-refractivity contribution < 1.29 is 22.7 Å². The highest BCUT2D eigenvalue weighted by molar-refractivity contribution is 5.97. The molecule has 1 saturated heterocycles. The number of nitrogens with one attached hydrogen (secondary N) is 2. The second-order valence-corrected chi connectivity index (χ2v) is 9.81. The highest BCUT2D eigenvalue weighted by Gasteiger charge is 2.31. The Morgan fingerprint density at radius 1 is 0.976 bits per heavy atom. The first-order chi connectivity index (χ1) is 19.7. The Morgan fingerprint density at radius 3 is 2.46 bits per heavy atom. The molecule has 0 atom stereocenters. The molecule has 0 radical (unpaired) electrons. The minimum Gasteiger partial charge on any atom is -0.496 e. The molecular formula is C30H29F3N6O2. The summed E-state index contributed by atoms with van der Waals surface area (Å²) in [4.78, 5) is 27.9. The summed E-state index contributed by atoms with van der Waals surface area (Å²) < 4.78 is 44.6. The van der Waals surface area contributed by atoms with Crippen LogP contribution in [0, 0.1) is 6.92 Å². The van der Waals surface area contributed by atoms with Gasteiger partial charge in [0.1, 0.15) is 23.2 Å². The number of hydrogen-bond acceptors (Lipinski definition) is 7. The van der Waals surface area contributed by atoms with E-state index in [1.807, 2.05) is 42.2 Å². The summed E-state index contributed by atoms with van der Waals surface area (Å²) in [6.07, 6.45) is -0.0855. The number of para-hydroxylation sites is 1. The first-order valence-electron chi connectivity index (χ1n) is 13.1. The number of carbonyl (C=O) groups excluding carboxylic acids is 1. The van der Waals surface area contributed by atoms with Gasteiger partial charge < -0.3 is 20.3 Å². The summed E-state index contributed by atoms with van der Waals surface area (Å²) in [5.74, 6) is 1.68. The number of ether oxygens (including phenoxy) is 1. The maximum atomic E-state index is 13.1. The molecular weight excluding hydrogens is 533 g/mol. The van der Waals surface area contributed by atoms with E-state index in [1.165, 1.54) is 0 Å². The van der Waals surface area contributed by atoms with Gasteiger partial charge in [0.2, 0.25) is 0 Å². The first kappa shape index (κ1) is 27.9. The van der Waals surface area contributed by atoms with Crippen LogP contribution in [0.4, 0.5) is 30.6 Å². The average molecular weight is 563 g/mol. The predicted octanol–water partition coefficient (Wildman–Crippen LogP) is 6.33. The number of aromatic nitrogens is 3. The molecule has 0 saturated carbocycles. The second kappa shape index (κ2) is 11.8. The standard InChI is InChI=1S/C30H29F3N6O2/c1-19-15-24(37-28(16-19)38-27-17-21(9-12-34-27)30(31,32)33)20-7-8-26(35-18-20)36-22-10-13-39(14-11-22)29(40)23-5-3-4-6-25(23)41-2/h3-9,12,15-18,22H,10-11,13-14H2,1-2H3,(H,35,36)(H,34,37,38). The number of aryl methyl sites for hydroxylation is 1. The van der Waals surface area contributed by atoms with Crippen LogP contribution in [0.3, 0.4) is 0 Å². The first-order valence-corrected chi connectivity index (χ1v) is 13.1.